The minimum Gasteiger partial charge on any atom is -0.382 e. The first-order chi connectivity index (χ1) is 10.3. The third-order valence-electron chi connectivity index (χ3n) is 5.09. The lowest BCUT2D eigenvalue weighted by Crippen LogP contribution is -2.18. The van der Waals surface area contributed by atoms with Gasteiger partial charge in [-0.2, -0.15) is 0 Å². The van der Waals surface area contributed by atoms with Gasteiger partial charge in [0.1, 0.15) is 0 Å². The van der Waals surface area contributed by atoms with E-state index >= 15 is 0 Å². The molecule has 1 N–H and O–H groups in total. The monoisotopic (exact) mass is 303 g/mol. The highest BCUT2D eigenvalue weighted by atomic mass is 32.2. The van der Waals surface area contributed by atoms with Crippen molar-refractivity contribution in [3.05, 3.63) is 24.3 Å². The summed E-state index contributed by atoms with van der Waals surface area (Å²) in [4.78, 5) is 1.45. The molecule has 2 saturated carbocycles. The van der Waals surface area contributed by atoms with Gasteiger partial charge in [-0.25, -0.2) is 0 Å². The molecule has 0 radical (unpaired) electrons. The standard InChI is InChI=1S/C19H29NS/c1-15-5-4-6-16(10-9-15)20-17-11-13-19(14-12-17)21-18-7-2-3-8-18/h11-16,18,20H,2-10H2,1H3. The lowest BCUT2D eigenvalue weighted by Gasteiger charge is -2.18. The van der Waals surface area contributed by atoms with Crippen LogP contribution in [0.25, 0.3) is 0 Å². The van der Waals surface area contributed by atoms with Crippen molar-refractivity contribution in [3.8, 4) is 0 Å². The van der Waals surface area contributed by atoms with Crippen molar-refractivity contribution in [3.63, 3.8) is 0 Å². The number of nitrogens with one attached hydrogen (secondary N) is 1. The van der Waals surface area contributed by atoms with Gasteiger partial charge in [-0.1, -0.05) is 32.6 Å². The molecule has 0 saturated heterocycles. The van der Waals surface area contributed by atoms with E-state index in [0.29, 0.717) is 6.04 Å². The highest BCUT2D eigenvalue weighted by Gasteiger charge is 2.17. The zero-order chi connectivity index (χ0) is 14.5. The molecular formula is C19H29NS. The number of rotatable bonds is 4. The molecule has 0 amide bonds. The van der Waals surface area contributed by atoms with Crippen LogP contribution >= 0.6 is 11.8 Å². The van der Waals surface area contributed by atoms with E-state index in [1.165, 1.54) is 68.4 Å². The van der Waals surface area contributed by atoms with Crippen molar-refractivity contribution in [1.29, 1.82) is 0 Å². The Labute approximate surface area is 134 Å². The molecule has 0 bridgehead atoms. The molecule has 2 fully saturated rings. The lowest BCUT2D eigenvalue weighted by atomic mass is 10.0. The third-order valence-corrected chi connectivity index (χ3v) is 6.44. The third kappa shape index (κ3) is 4.67. The quantitative estimate of drug-likeness (QED) is 0.674. The summed E-state index contributed by atoms with van der Waals surface area (Å²) in [5, 5.41) is 4.62. The molecule has 2 aliphatic carbocycles. The Morgan fingerprint density at radius 2 is 1.62 bits per heavy atom. The maximum Gasteiger partial charge on any atom is 0.0343 e. The average Bonchev–Trinajstić information content (AvgIpc) is 2.91. The fourth-order valence-electron chi connectivity index (χ4n) is 3.70. The predicted molar refractivity (Wildman–Crippen MR) is 94.2 cm³/mol. The maximum absolute atomic E-state index is 3.75. The van der Waals surface area contributed by atoms with Gasteiger partial charge in [-0.3, -0.25) is 0 Å². The first-order valence-corrected chi connectivity index (χ1v) is 9.71. The lowest BCUT2D eigenvalue weighted by molar-refractivity contribution is 0.502. The summed E-state index contributed by atoms with van der Waals surface area (Å²) in [5.74, 6) is 0.919. The highest BCUT2D eigenvalue weighted by molar-refractivity contribution is 8.00. The molecular weight excluding hydrogens is 274 g/mol. The number of thioether (sulfide) groups is 1. The molecule has 2 heteroatoms. The number of anilines is 1. The molecule has 116 valence electrons. The number of hydrogen-bond donors (Lipinski definition) is 1. The fraction of sp³-hybridized carbons (Fsp3) is 0.684. The van der Waals surface area contributed by atoms with Crippen LogP contribution in [-0.4, -0.2) is 11.3 Å². The Hall–Kier alpha value is -0.630. The van der Waals surface area contributed by atoms with Gasteiger partial charge in [0.15, 0.2) is 0 Å². The average molecular weight is 304 g/mol. The zero-order valence-corrected chi connectivity index (χ0v) is 14.1. The fourth-order valence-corrected chi connectivity index (χ4v) is 4.94. The highest BCUT2D eigenvalue weighted by Crippen LogP contribution is 2.35. The van der Waals surface area contributed by atoms with Crippen LogP contribution in [0.15, 0.2) is 29.2 Å². The Morgan fingerprint density at radius 1 is 0.857 bits per heavy atom. The van der Waals surface area contributed by atoms with E-state index in [2.05, 4.69) is 48.3 Å². The molecule has 21 heavy (non-hydrogen) atoms. The largest absolute Gasteiger partial charge is 0.382 e. The van der Waals surface area contributed by atoms with Gasteiger partial charge < -0.3 is 5.32 Å². The summed E-state index contributed by atoms with van der Waals surface area (Å²) in [6, 6.07) is 9.87. The van der Waals surface area contributed by atoms with Gasteiger partial charge in [0.05, 0.1) is 0 Å². The van der Waals surface area contributed by atoms with Crippen LogP contribution in [0.4, 0.5) is 5.69 Å². The summed E-state index contributed by atoms with van der Waals surface area (Å²) in [6.45, 7) is 2.40. The van der Waals surface area contributed by atoms with Gasteiger partial charge in [0.25, 0.3) is 0 Å². The van der Waals surface area contributed by atoms with Crippen LogP contribution in [0.3, 0.4) is 0 Å². The summed E-state index contributed by atoms with van der Waals surface area (Å²) < 4.78 is 0. The van der Waals surface area contributed by atoms with E-state index < -0.39 is 0 Å². The van der Waals surface area contributed by atoms with E-state index in [1.54, 1.807) is 0 Å². The molecule has 0 aromatic heterocycles. The second-order valence-electron chi connectivity index (χ2n) is 7.00. The Kier molecular flexibility index (Phi) is 5.51. The van der Waals surface area contributed by atoms with Crippen LogP contribution in [-0.2, 0) is 0 Å². The van der Waals surface area contributed by atoms with Gasteiger partial charge in [0, 0.05) is 21.9 Å². The van der Waals surface area contributed by atoms with E-state index in [-0.39, 0.29) is 0 Å². The SMILES string of the molecule is CC1CCCC(Nc2ccc(SC3CCCC3)cc2)CC1. The first-order valence-electron chi connectivity index (χ1n) is 8.83. The minimum atomic E-state index is 0.684. The Bertz CT molecular complexity index is 422. The van der Waals surface area contributed by atoms with Crippen molar-refractivity contribution in [2.75, 3.05) is 5.32 Å². The molecule has 1 aromatic rings. The molecule has 1 nitrogen and oxygen atoms in total. The zero-order valence-electron chi connectivity index (χ0n) is 13.3. The molecule has 3 rings (SSSR count). The van der Waals surface area contributed by atoms with E-state index in [1.807, 2.05) is 0 Å². The number of benzene rings is 1. The van der Waals surface area contributed by atoms with Crippen LogP contribution in [0, 0.1) is 5.92 Å². The van der Waals surface area contributed by atoms with Crippen molar-refractivity contribution < 1.29 is 0 Å². The van der Waals surface area contributed by atoms with E-state index in [4.69, 9.17) is 0 Å². The van der Waals surface area contributed by atoms with Gasteiger partial charge >= 0.3 is 0 Å². The first kappa shape index (κ1) is 15.3. The number of hydrogen-bond acceptors (Lipinski definition) is 2. The maximum atomic E-state index is 3.75. The molecule has 1 aromatic carbocycles. The molecule has 2 aliphatic rings. The van der Waals surface area contributed by atoms with Gasteiger partial charge in [-0.15, -0.1) is 11.8 Å². The van der Waals surface area contributed by atoms with Crippen molar-refractivity contribution >= 4 is 17.4 Å². The molecule has 0 aliphatic heterocycles. The molecule has 2 atom stereocenters. The molecule has 2 unspecified atom stereocenters. The minimum absolute atomic E-state index is 0.684. The molecule has 0 heterocycles. The smallest absolute Gasteiger partial charge is 0.0343 e. The normalized spacial score (nSPS) is 27.5. The van der Waals surface area contributed by atoms with Crippen LogP contribution < -0.4 is 5.32 Å². The van der Waals surface area contributed by atoms with Crippen LogP contribution in [0.1, 0.15) is 64.7 Å². The van der Waals surface area contributed by atoms with Crippen molar-refractivity contribution in [1.82, 2.24) is 0 Å². The van der Waals surface area contributed by atoms with Gasteiger partial charge in [-0.05, 0) is 62.3 Å². The summed E-state index contributed by atoms with van der Waals surface area (Å²) in [5.41, 5.74) is 1.31. The Balaban J connectivity index is 1.51. The molecule has 0 spiro atoms. The van der Waals surface area contributed by atoms with Crippen LogP contribution in [0.2, 0.25) is 0 Å². The summed E-state index contributed by atoms with van der Waals surface area (Å²) in [7, 11) is 0. The Morgan fingerprint density at radius 3 is 2.38 bits per heavy atom. The summed E-state index contributed by atoms with van der Waals surface area (Å²) >= 11 is 2.08. The second kappa shape index (κ2) is 7.58. The second-order valence-corrected chi connectivity index (χ2v) is 8.38. The van der Waals surface area contributed by atoms with Gasteiger partial charge in [0.2, 0.25) is 0 Å². The summed E-state index contributed by atoms with van der Waals surface area (Å²) in [6.07, 6.45) is 12.5. The van der Waals surface area contributed by atoms with Crippen molar-refractivity contribution in [2.24, 2.45) is 5.92 Å². The predicted octanol–water partition coefficient (Wildman–Crippen LogP) is 6.10. The van der Waals surface area contributed by atoms with Crippen LogP contribution in [0.5, 0.6) is 0 Å². The van der Waals surface area contributed by atoms with E-state index in [9.17, 15) is 0 Å². The topological polar surface area (TPSA) is 12.0 Å². The van der Waals surface area contributed by atoms with Crippen molar-refractivity contribution in [2.45, 2.75) is 80.9 Å². The van der Waals surface area contributed by atoms with E-state index in [0.717, 1.165) is 11.2 Å².